The van der Waals surface area contributed by atoms with E-state index in [1.54, 1.807) is 30.3 Å². The Morgan fingerprint density at radius 3 is 2.26 bits per heavy atom. The quantitative estimate of drug-likeness (QED) is 0.667. The lowest BCUT2D eigenvalue weighted by Crippen LogP contribution is -2.27. The van der Waals surface area contributed by atoms with Gasteiger partial charge in [-0.15, -0.1) is 0 Å². The molecule has 7 heteroatoms. The van der Waals surface area contributed by atoms with E-state index in [-0.39, 0.29) is 5.70 Å². The van der Waals surface area contributed by atoms with Crippen LogP contribution in [0, 0.1) is 0 Å². The lowest BCUT2D eigenvalue weighted by Gasteiger charge is -2.12. The molecule has 0 spiro atoms. The van der Waals surface area contributed by atoms with E-state index < -0.39 is 11.9 Å². The minimum Gasteiger partial charge on any atom is -0.490 e. The zero-order valence-corrected chi connectivity index (χ0v) is 15.7. The van der Waals surface area contributed by atoms with E-state index >= 15 is 0 Å². The molecule has 2 aromatic rings. The zero-order valence-electron chi connectivity index (χ0n) is 15.0. The molecule has 1 amide bonds. The first-order valence-electron chi connectivity index (χ1n) is 8.36. The monoisotopic (exact) mass is 389 g/mol. The van der Waals surface area contributed by atoms with Gasteiger partial charge < -0.3 is 19.9 Å². The van der Waals surface area contributed by atoms with E-state index in [1.807, 2.05) is 13.8 Å². The fraction of sp³-hybridized carbons (Fsp3) is 0.200. The second-order valence-electron chi connectivity index (χ2n) is 5.40. The van der Waals surface area contributed by atoms with Gasteiger partial charge in [-0.3, -0.25) is 4.79 Å². The molecule has 0 saturated carbocycles. The molecule has 0 aliphatic carbocycles. The Bertz CT molecular complexity index is 846. The summed E-state index contributed by atoms with van der Waals surface area (Å²) in [6, 6.07) is 11.2. The molecule has 0 aromatic heterocycles. The number of aliphatic carboxylic acids is 1. The molecule has 2 aromatic carbocycles. The van der Waals surface area contributed by atoms with Crippen molar-refractivity contribution in [3.63, 3.8) is 0 Å². The molecular weight excluding hydrogens is 370 g/mol. The van der Waals surface area contributed by atoms with Gasteiger partial charge in [0.2, 0.25) is 0 Å². The fourth-order valence-electron chi connectivity index (χ4n) is 2.27. The molecule has 0 aliphatic heterocycles. The largest absolute Gasteiger partial charge is 0.490 e. The molecule has 142 valence electrons. The van der Waals surface area contributed by atoms with E-state index in [4.69, 9.17) is 21.1 Å². The Hall–Kier alpha value is -2.99. The number of amides is 1. The maximum absolute atomic E-state index is 12.3. The van der Waals surface area contributed by atoms with Crippen molar-refractivity contribution in [1.29, 1.82) is 0 Å². The molecule has 6 nitrogen and oxygen atoms in total. The van der Waals surface area contributed by atoms with Crippen LogP contribution in [0.15, 0.2) is 48.2 Å². The minimum atomic E-state index is -1.26. The van der Waals surface area contributed by atoms with E-state index in [9.17, 15) is 14.7 Å². The van der Waals surface area contributed by atoms with Gasteiger partial charge in [0.15, 0.2) is 11.5 Å². The maximum Gasteiger partial charge on any atom is 0.352 e. The lowest BCUT2D eigenvalue weighted by molar-refractivity contribution is -0.132. The van der Waals surface area contributed by atoms with E-state index in [0.717, 1.165) is 0 Å². The van der Waals surface area contributed by atoms with Gasteiger partial charge in [0, 0.05) is 10.6 Å². The summed E-state index contributed by atoms with van der Waals surface area (Å²) in [4.78, 5) is 23.8. The number of hydrogen-bond donors (Lipinski definition) is 2. The number of ether oxygens (including phenoxy) is 2. The Morgan fingerprint density at radius 2 is 1.67 bits per heavy atom. The van der Waals surface area contributed by atoms with Crippen molar-refractivity contribution in [3.05, 3.63) is 64.3 Å². The normalized spacial score (nSPS) is 11.0. The fourth-order valence-corrected chi connectivity index (χ4v) is 2.40. The molecule has 0 fully saturated rings. The van der Waals surface area contributed by atoms with Crippen molar-refractivity contribution in [2.45, 2.75) is 13.8 Å². The topological polar surface area (TPSA) is 84.9 Å². The Kier molecular flexibility index (Phi) is 7.25. The lowest BCUT2D eigenvalue weighted by atomic mass is 10.1. The number of carboxylic acid groups (broad SMARTS) is 1. The van der Waals surface area contributed by atoms with Crippen LogP contribution in [0.1, 0.15) is 29.8 Å². The summed E-state index contributed by atoms with van der Waals surface area (Å²) >= 11 is 5.80. The summed E-state index contributed by atoms with van der Waals surface area (Å²) in [7, 11) is 0. The highest BCUT2D eigenvalue weighted by Crippen LogP contribution is 2.29. The average Bonchev–Trinajstić information content (AvgIpc) is 2.64. The average molecular weight is 390 g/mol. The maximum atomic E-state index is 12.3. The molecule has 2 N–H and O–H groups in total. The van der Waals surface area contributed by atoms with E-state index in [1.165, 1.54) is 18.2 Å². The van der Waals surface area contributed by atoms with Crippen molar-refractivity contribution in [2.75, 3.05) is 13.2 Å². The first-order valence-corrected chi connectivity index (χ1v) is 8.74. The van der Waals surface area contributed by atoms with Crippen LogP contribution in [0.2, 0.25) is 5.02 Å². The predicted molar refractivity (Wildman–Crippen MR) is 103 cm³/mol. The first-order chi connectivity index (χ1) is 12.9. The summed E-state index contributed by atoms with van der Waals surface area (Å²) in [6.07, 6.45) is 1.36. The number of hydrogen-bond acceptors (Lipinski definition) is 4. The molecule has 0 bridgehead atoms. The SMILES string of the molecule is CCOc1ccc(/C=C(/NC(=O)c2ccc(Cl)cc2)C(=O)O)cc1OCC. The van der Waals surface area contributed by atoms with Gasteiger partial charge in [-0.2, -0.15) is 0 Å². The van der Waals surface area contributed by atoms with E-state index in [0.29, 0.717) is 40.9 Å². The second kappa shape index (κ2) is 9.64. The summed E-state index contributed by atoms with van der Waals surface area (Å²) in [5.41, 5.74) is 0.588. The van der Waals surface area contributed by atoms with Gasteiger partial charge in [0.1, 0.15) is 5.70 Å². The van der Waals surface area contributed by atoms with Crippen LogP contribution in [-0.2, 0) is 4.79 Å². The van der Waals surface area contributed by atoms with Crippen molar-refractivity contribution >= 4 is 29.6 Å². The minimum absolute atomic E-state index is 0.262. The summed E-state index contributed by atoms with van der Waals surface area (Å²) < 4.78 is 11.0. The second-order valence-corrected chi connectivity index (χ2v) is 5.83. The predicted octanol–water partition coefficient (Wildman–Crippen LogP) is 3.99. The molecule has 0 saturated heterocycles. The standard InChI is InChI=1S/C20H20ClNO5/c1-3-26-17-10-5-13(12-18(17)27-4-2)11-16(20(24)25)22-19(23)14-6-8-15(21)9-7-14/h5-12H,3-4H2,1-2H3,(H,22,23)(H,24,25)/b16-11+. The Labute approximate surface area is 162 Å². The molecule has 0 heterocycles. The van der Waals surface area contributed by atoms with Crippen molar-refractivity contribution in [2.24, 2.45) is 0 Å². The van der Waals surface area contributed by atoms with Gasteiger partial charge >= 0.3 is 5.97 Å². The van der Waals surface area contributed by atoms with E-state index in [2.05, 4.69) is 5.32 Å². The van der Waals surface area contributed by atoms with Gasteiger partial charge in [-0.25, -0.2) is 4.79 Å². The number of halogens is 1. The van der Waals surface area contributed by atoms with Crippen LogP contribution in [0.5, 0.6) is 11.5 Å². The number of benzene rings is 2. The van der Waals surface area contributed by atoms with Crippen LogP contribution in [0.4, 0.5) is 0 Å². The highest BCUT2D eigenvalue weighted by atomic mass is 35.5. The summed E-state index contributed by atoms with van der Waals surface area (Å²) in [6.45, 7) is 4.62. The Morgan fingerprint density at radius 1 is 1.04 bits per heavy atom. The van der Waals surface area contributed by atoms with Gasteiger partial charge in [0.05, 0.1) is 13.2 Å². The molecule has 27 heavy (non-hydrogen) atoms. The number of carboxylic acids is 1. The van der Waals surface area contributed by atoms with Crippen molar-refractivity contribution in [1.82, 2.24) is 5.32 Å². The Balaban J connectivity index is 2.28. The smallest absolute Gasteiger partial charge is 0.352 e. The van der Waals surface area contributed by atoms with Gasteiger partial charge in [0.25, 0.3) is 5.91 Å². The van der Waals surface area contributed by atoms with Crippen LogP contribution < -0.4 is 14.8 Å². The molecule has 2 rings (SSSR count). The zero-order chi connectivity index (χ0) is 19.8. The highest BCUT2D eigenvalue weighted by Gasteiger charge is 2.14. The molecule has 0 aliphatic rings. The third-order valence-corrected chi connectivity index (χ3v) is 3.72. The third-order valence-electron chi connectivity index (χ3n) is 3.46. The molecule has 0 atom stereocenters. The number of rotatable bonds is 8. The van der Waals surface area contributed by atoms with Crippen molar-refractivity contribution in [3.8, 4) is 11.5 Å². The summed E-state index contributed by atoms with van der Waals surface area (Å²) in [5, 5.41) is 12.3. The number of carbonyl (C=O) groups is 2. The third kappa shape index (κ3) is 5.76. The highest BCUT2D eigenvalue weighted by molar-refractivity contribution is 6.30. The summed E-state index contributed by atoms with van der Waals surface area (Å²) in [5.74, 6) is -0.735. The number of nitrogens with one attached hydrogen (secondary N) is 1. The number of carbonyl (C=O) groups excluding carboxylic acids is 1. The molecular formula is C20H20ClNO5. The van der Waals surface area contributed by atoms with Crippen molar-refractivity contribution < 1.29 is 24.2 Å². The van der Waals surface area contributed by atoms with Crippen LogP contribution in [-0.4, -0.2) is 30.2 Å². The van der Waals surface area contributed by atoms with Crippen LogP contribution in [0.25, 0.3) is 6.08 Å². The van der Waals surface area contributed by atoms with Gasteiger partial charge in [-0.05, 0) is 61.9 Å². The molecule has 0 unspecified atom stereocenters. The first kappa shape index (κ1) is 20.3. The molecule has 0 radical (unpaired) electrons. The van der Waals surface area contributed by atoms with Crippen LogP contribution in [0.3, 0.4) is 0 Å². The van der Waals surface area contributed by atoms with Gasteiger partial charge in [-0.1, -0.05) is 17.7 Å². The van der Waals surface area contributed by atoms with Crippen LogP contribution >= 0.6 is 11.6 Å².